The van der Waals surface area contributed by atoms with E-state index in [4.69, 9.17) is 22.3 Å². The van der Waals surface area contributed by atoms with Gasteiger partial charge in [0.1, 0.15) is 17.1 Å². The molecule has 11 heteroatoms. The van der Waals surface area contributed by atoms with Gasteiger partial charge in [0, 0.05) is 56.3 Å². The van der Waals surface area contributed by atoms with Crippen LogP contribution in [0, 0.1) is 5.92 Å². The standard InChI is InChI=1S/C24H23ClN8O2/c1-32-8-5-14(12-18(32)34)24(35)30-23-22(26)28-21(17-6-9-33(2)31-17)20(29-23)15-10-13-4-3-7-27-19(13)16(25)11-15/h3-4,6-7,9-11,14H,5,8,12H2,1-2H3,(H2,26,28)(H,29,30,35). The molecule has 0 spiro atoms. The molecule has 178 valence electrons. The van der Waals surface area contributed by atoms with Crippen molar-refractivity contribution in [2.45, 2.75) is 12.8 Å². The second kappa shape index (κ2) is 8.95. The molecule has 2 amide bonds. The maximum absolute atomic E-state index is 13.0. The molecule has 4 aromatic rings. The average Bonchev–Trinajstić information content (AvgIpc) is 3.28. The third-order valence-corrected chi connectivity index (χ3v) is 6.37. The smallest absolute Gasteiger partial charge is 0.229 e. The van der Waals surface area contributed by atoms with Crippen molar-refractivity contribution in [1.29, 1.82) is 0 Å². The minimum absolute atomic E-state index is 0.0514. The van der Waals surface area contributed by atoms with Crippen LogP contribution in [0.2, 0.25) is 5.02 Å². The number of amides is 2. The van der Waals surface area contributed by atoms with Crippen LogP contribution in [0.4, 0.5) is 11.6 Å². The first-order valence-electron chi connectivity index (χ1n) is 11.1. The largest absolute Gasteiger partial charge is 0.381 e. The molecule has 0 bridgehead atoms. The van der Waals surface area contributed by atoms with Gasteiger partial charge in [-0.3, -0.25) is 19.3 Å². The number of likely N-dealkylation sites (tertiary alicyclic amines) is 1. The van der Waals surface area contributed by atoms with E-state index < -0.39 is 5.92 Å². The van der Waals surface area contributed by atoms with E-state index in [-0.39, 0.29) is 29.9 Å². The number of piperidine rings is 1. The van der Waals surface area contributed by atoms with Crippen molar-refractivity contribution in [2.24, 2.45) is 13.0 Å². The minimum Gasteiger partial charge on any atom is -0.381 e. The number of benzene rings is 1. The summed E-state index contributed by atoms with van der Waals surface area (Å²) in [5.74, 6) is -0.667. The molecule has 1 unspecified atom stereocenters. The molecule has 1 saturated heterocycles. The van der Waals surface area contributed by atoms with E-state index in [1.165, 1.54) is 0 Å². The fraction of sp³-hybridized carbons (Fsp3) is 0.250. The summed E-state index contributed by atoms with van der Waals surface area (Å²) in [6.07, 6.45) is 4.17. The second-order valence-electron chi connectivity index (χ2n) is 8.56. The number of nitrogens with one attached hydrogen (secondary N) is 1. The number of anilines is 2. The first-order chi connectivity index (χ1) is 16.8. The SMILES string of the molecule is CN1CCC(C(=O)Nc2nc(-c3cc(Cl)c4ncccc4c3)c(-c3ccn(C)n3)nc2N)CC1=O. The van der Waals surface area contributed by atoms with Crippen LogP contribution in [0.3, 0.4) is 0 Å². The van der Waals surface area contributed by atoms with E-state index in [0.717, 1.165) is 5.39 Å². The highest BCUT2D eigenvalue weighted by atomic mass is 35.5. The number of rotatable bonds is 4. The maximum Gasteiger partial charge on any atom is 0.229 e. The summed E-state index contributed by atoms with van der Waals surface area (Å²) in [7, 11) is 3.53. The van der Waals surface area contributed by atoms with Crippen molar-refractivity contribution in [3.63, 3.8) is 0 Å². The van der Waals surface area contributed by atoms with Crippen LogP contribution < -0.4 is 11.1 Å². The number of hydrogen-bond donors (Lipinski definition) is 2. The number of aromatic nitrogens is 5. The molecule has 35 heavy (non-hydrogen) atoms. The Balaban J connectivity index is 1.59. The monoisotopic (exact) mass is 490 g/mol. The normalized spacial score (nSPS) is 16.0. The topological polar surface area (TPSA) is 132 Å². The summed E-state index contributed by atoms with van der Waals surface area (Å²) in [4.78, 5) is 40.3. The highest BCUT2D eigenvalue weighted by Gasteiger charge is 2.29. The summed E-state index contributed by atoms with van der Waals surface area (Å²) in [5.41, 5.74) is 9.05. The van der Waals surface area contributed by atoms with Gasteiger partial charge in [0.15, 0.2) is 11.6 Å². The number of halogens is 1. The lowest BCUT2D eigenvalue weighted by Gasteiger charge is -2.27. The van der Waals surface area contributed by atoms with Gasteiger partial charge in [-0.05, 0) is 30.7 Å². The summed E-state index contributed by atoms with van der Waals surface area (Å²) in [6, 6.07) is 9.19. The number of nitrogens with two attached hydrogens (primary N) is 1. The van der Waals surface area contributed by atoms with E-state index in [1.54, 1.807) is 48.2 Å². The van der Waals surface area contributed by atoms with Gasteiger partial charge >= 0.3 is 0 Å². The predicted molar refractivity (Wildman–Crippen MR) is 133 cm³/mol. The lowest BCUT2D eigenvalue weighted by atomic mass is 9.95. The van der Waals surface area contributed by atoms with Crippen molar-refractivity contribution >= 4 is 46.0 Å². The summed E-state index contributed by atoms with van der Waals surface area (Å²) < 4.78 is 1.65. The maximum atomic E-state index is 13.0. The highest BCUT2D eigenvalue weighted by molar-refractivity contribution is 6.35. The number of pyridine rings is 1. The van der Waals surface area contributed by atoms with Crippen molar-refractivity contribution in [3.05, 3.63) is 47.7 Å². The van der Waals surface area contributed by atoms with E-state index in [1.807, 2.05) is 18.2 Å². The number of nitrogens with zero attached hydrogens (tertiary/aromatic N) is 6. The average molecular weight is 491 g/mol. The molecule has 3 N–H and O–H groups in total. The molecule has 1 atom stereocenters. The van der Waals surface area contributed by atoms with Crippen LogP contribution in [-0.4, -0.2) is 55.0 Å². The Kier molecular flexibility index (Phi) is 5.81. The Hall–Kier alpha value is -4.05. The second-order valence-corrected chi connectivity index (χ2v) is 8.96. The van der Waals surface area contributed by atoms with Gasteiger partial charge in [-0.15, -0.1) is 0 Å². The van der Waals surface area contributed by atoms with Gasteiger partial charge < -0.3 is 16.0 Å². The molecular formula is C24H23ClN8O2. The molecule has 0 radical (unpaired) electrons. The number of carbonyl (C=O) groups excluding carboxylic acids is 2. The van der Waals surface area contributed by atoms with Gasteiger partial charge in [0.2, 0.25) is 11.8 Å². The lowest BCUT2D eigenvalue weighted by molar-refractivity contribution is -0.137. The molecule has 3 aromatic heterocycles. The minimum atomic E-state index is -0.458. The Labute approximate surface area is 206 Å². The van der Waals surface area contributed by atoms with E-state index >= 15 is 0 Å². The molecule has 1 fully saturated rings. The molecule has 10 nitrogen and oxygen atoms in total. The van der Waals surface area contributed by atoms with Crippen molar-refractivity contribution in [1.82, 2.24) is 29.6 Å². The summed E-state index contributed by atoms with van der Waals surface area (Å²) >= 11 is 6.54. The van der Waals surface area contributed by atoms with Crippen LogP contribution in [0.5, 0.6) is 0 Å². The number of fused-ring (bicyclic) bond motifs is 1. The van der Waals surface area contributed by atoms with Crippen molar-refractivity contribution in [2.75, 3.05) is 24.6 Å². The molecule has 0 aliphatic carbocycles. The van der Waals surface area contributed by atoms with Crippen molar-refractivity contribution in [3.8, 4) is 22.6 Å². The van der Waals surface area contributed by atoms with Crippen LogP contribution in [0.1, 0.15) is 12.8 Å². The first kappa shape index (κ1) is 22.7. The number of hydrogen-bond acceptors (Lipinski definition) is 7. The number of nitrogen functional groups attached to an aromatic ring is 1. The van der Waals surface area contributed by atoms with Crippen LogP contribution in [-0.2, 0) is 16.6 Å². The van der Waals surface area contributed by atoms with Crippen LogP contribution in [0.15, 0.2) is 42.7 Å². The zero-order valence-corrected chi connectivity index (χ0v) is 20.0. The van der Waals surface area contributed by atoms with Crippen LogP contribution >= 0.6 is 11.6 Å². The fourth-order valence-corrected chi connectivity index (χ4v) is 4.41. The van der Waals surface area contributed by atoms with E-state index in [9.17, 15) is 9.59 Å². The zero-order valence-electron chi connectivity index (χ0n) is 19.2. The number of carbonyl (C=O) groups is 2. The van der Waals surface area contributed by atoms with Gasteiger partial charge in [0.05, 0.1) is 10.5 Å². The molecule has 4 heterocycles. The summed E-state index contributed by atoms with van der Waals surface area (Å²) in [6.45, 7) is 0.519. The van der Waals surface area contributed by atoms with Gasteiger partial charge in [-0.25, -0.2) is 9.97 Å². The van der Waals surface area contributed by atoms with Gasteiger partial charge in [-0.2, -0.15) is 5.10 Å². The Morgan fingerprint density at radius 2 is 2.03 bits per heavy atom. The molecule has 0 saturated carbocycles. The van der Waals surface area contributed by atoms with E-state index in [0.29, 0.717) is 46.2 Å². The van der Waals surface area contributed by atoms with E-state index in [2.05, 4.69) is 20.4 Å². The van der Waals surface area contributed by atoms with Gasteiger partial charge in [-0.1, -0.05) is 17.7 Å². The summed E-state index contributed by atoms with van der Waals surface area (Å²) in [5, 5.41) is 8.53. The fourth-order valence-electron chi connectivity index (χ4n) is 4.13. The van der Waals surface area contributed by atoms with Crippen molar-refractivity contribution < 1.29 is 9.59 Å². The molecule has 1 aliphatic rings. The first-order valence-corrected chi connectivity index (χ1v) is 11.4. The molecule has 1 aromatic carbocycles. The molecule has 5 rings (SSSR count). The Bertz CT molecular complexity index is 1470. The third kappa shape index (κ3) is 4.40. The lowest BCUT2D eigenvalue weighted by Crippen LogP contribution is -2.40. The Morgan fingerprint density at radius 1 is 1.20 bits per heavy atom. The number of aryl methyl sites for hydroxylation is 1. The molecular weight excluding hydrogens is 468 g/mol. The zero-order chi connectivity index (χ0) is 24.7. The van der Waals surface area contributed by atoms with Crippen LogP contribution in [0.25, 0.3) is 33.5 Å². The Morgan fingerprint density at radius 3 is 2.77 bits per heavy atom. The van der Waals surface area contributed by atoms with Gasteiger partial charge in [0.25, 0.3) is 0 Å². The molecule has 1 aliphatic heterocycles. The predicted octanol–water partition coefficient (Wildman–Crippen LogP) is 3.13. The quantitative estimate of drug-likeness (QED) is 0.449. The highest BCUT2D eigenvalue weighted by Crippen LogP contribution is 2.35. The third-order valence-electron chi connectivity index (χ3n) is 6.08.